The number of hydrogen-bond acceptors (Lipinski definition) is 6. The highest BCUT2D eigenvalue weighted by Crippen LogP contribution is 2.42. The lowest BCUT2D eigenvalue weighted by Crippen LogP contribution is -2.48. The summed E-state index contributed by atoms with van der Waals surface area (Å²) in [5.41, 5.74) is -1.15. The second-order valence-electron chi connectivity index (χ2n) is 6.23. The molecule has 1 fully saturated rings. The van der Waals surface area contributed by atoms with Crippen molar-refractivity contribution in [1.82, 2.24) is 14.7 Å². The number of methoxy groups -OCH3 is 1. The van der Waals surface area contributed by atoms with Crippen molar-refractivity contribution in [1.29, 1.82) is 0 Å². The summed E-state index contributed by atoms with van der Waals surface area (Å²) < 4.78 is 69.2. The van der Waals surface area contributed by atoms with E-state index in [-0.39, 0.29) is 29.1 Å². The summed E-state index contributed by atoms with van der Waals surface area (Å²) in [5, 5.41) is 5.15. The Morgan fingerprint density at radius 2 is 2.04 bits per heavy atom. The van der Waals surface area contributed by atoms with Crippen LogP contribution in [0.2, 0.25) is 0 Å². The Morgan fingerprint density at radius 1 is 1.33 bits per heavy atom. The lowest BCUT2D eigenvalue weighted by Gasteiger charge is -2.40. The number of nitrogens with two attached hydrogens (primary N) is 1. The molecule has 0 spiro atoms. The van der Waals surface area contributed by atoms with E-state index in [0.717, 1.165) is 6.33 Å². The van der Waals surface area contributed by atoms with Crippen molar-refractivity contribution in [3.05, 3.63) is 24.0 Å². The highest BCUT2D eigenvalue weighted by atomic mass is 32.2. The largest absolute Gasteiger partial charge is 0.496 e. The number of anilines is 1. The number of rotatable bonds is 6. The summed E-state index contributed by atoms with van der Waals surface area (Å²) >= 11 is 0. The van der Waals surface area contributed by atoms with Gasteiger partial charge in [0, 0.05) is 25.0 Å². The highest BCUT2D eigenvalue weighted by molar-refractivity contribution is 7.87. The number of fused-ring (bicyclic) bond motifs is 1. The van der Waals surface area contributed by atoms with Gasteiger partial charge in [-0.15, -0.1) is 0 Å². The molecule has 1 aromatic heterocycles. The Labute approximate surface area is 153 Å². The molecule has 0 atom stereocenters. The van der Waals surface area contributed by atoms with Gasteiger partial charge in [-0.2, -0.15) is 21.6 Å². The van der Waals surface area contributed by atoms with Crippen molar-refractivity contribution >= 4 is 26.9 Å². The summed E-state index contributed by atoms with van der Waals surface area (Å²) in [5.74, 6) is 0.295. The molecule has 0 aliphatic carbocycles. The van der Waals surface area contributed by atoms with Crippen molar-refractivity contribution in [3.8, 4) is 5.75 Å². The monoisotopic (exact) mass is 405 g/mol. The van der Waals surface area contributed by atoms with E-state index >= 15 is 0 Å². The van der Waals surface area contributed by atoms with Crippen molar-refractivity contribution < 1.29 is 26.3 Å². The molecule has 0 unspecified atom stereocenters. The number of benzene rings is 1. The molecule has 0 amide bonds. The molecule has 0 saturated carbocycles. The minimum absolute atomic E-state index is 0.185. The van der Waals surface area contributed by atoms with E-state index in [4.69, 9.17) is 9.88 Å². The maximum atomic E-state index is 13.5. The van der Waals surface area contributed by atoms with Gasteiger partial charge in [-0.3, -0.25) is 0 Å². The number of nitrogens with zero attached hydrogens (tertiary/aromatic N) is 3. The molecule has 1 aliphatic heterocycles. The summed E-state index contributed by atoms with van der Waals surface area (Å²) in [7, 11) is -2.55. The zero-order chi connectivity index (χ0) is 19.8. The molecule has 1 aliphatic rings. The molecule has 2 aromatic rings. The molecule has 148 valence electrons. The van der Waals surface area contributed by atoms with Crippen LogP contribution in [-0.4, -0.2) is 45.1 Å². The van der Waals surface area contributed by atoms with Gasteiger partial charge < -0.3 is 9.64 Å². The third kappa shape index (κ3) is 4.22. The fourth-order valence-corrected chi connectivity index (χ4v) is 3.53. The molecule has 0 bridgehead atoms. The number of nitrogens with one attached hydrogen (secondary N) is 1. The van der Waals surface area contributed by atoms with Gasteiger partial charge >= 0.3 is 6.18 Å². The minimum atomic E-state index is -4.62. The summed E-state index contributed by atoms with van der Waals surface area (Å²) in [6.45, 7) is 1.30. The second kappa shape index (κ2) is 7.09. The van der Waals surface area contributed by atoms with Gasteiger partial charge in [0.25, 0.3) is 10.2 Å². The Balaban J connectivity index is 1.81. The second-order valence-corrected chi connectivity index (χ2v) is 7.61. The normalized spacial score (nSPS) is 15.8. The van der Waals surface area contributed by atoms with Gasteiger partial charge in [-0.1, -0.05) is 0 Å². The maximum Gasteiger partial charge on any atom is 0.422 e. The number of ether oxygens (including phenoxy) is 1. The van der Waals surface area contributed by atoms with Crippen LogP contribution in [0.1, 0.15) is 12.0 Å². The number of halogens is 3. The number of aromatic nitrogens is 2. The van der Waals surface area contributed by atoms with E-state index in [9.17, 15) is 21.6 Å². The molecule has 12 heteroatoms. The Kier molecular flexibility index (Phi) is 5.14. The quantitative estimate of drug-likeness (QED) is 0.749. The third-order valence-electron chi connectivity index (χ3n) is 4.36. The van der Waals surface area contributed by atoms with E-state index < -0.39 is 21.9 Å². The van der Waals surface area contributed by atoms with Crippen LogP contribution in [-0.2, 0) is 16.4 Å². The first kappa shape index (κ1) is 19.6. The smallest absolute Gasteiger partial charge is 0.422 e. The molecule has 0 radical (unpaired) electrons. The van der Waals surface area contributed by atoms with Crippen LogP contribution in [0.4, 0.5) is 19.0 Å². The van der Waals surface area contributed by atoms with Gasteiger partial charge in [0.15, 0.2) is 0 Å². The van der Waals surface area contributed by atoms with Crippen molar-refractivity contribution in [2.24, 2.45) is 11.1 Å². The van der Waals surface area contributed by atoms with E-state index in [0.29, 0.717) is 25.3 Å². The van der Waals surface area contributed by atoms with Gasteiger partial charge in [-0.05, 0) is 24.5 Å². The minimum Gasteiger partial charge on any atom is -0.496 e. The summed E-state index contributed by atoms with van der Waals surface area (Å²) in [4.78, 5) is 9.79. The number of alkyl halides is 3. The van der Waals surface area contributed by atoms with Crippen LogP contribution in [0, 0.1) is 5.92 Å². The van der Waals surface area contributed by atoms with Gasteiger partial charge in [0.05, 0.1) is 12.6 Å². The molecule has 1 aromatic carbocycles. The van der Waals surface area contributed by atoms with E-state index in [1.807, 2.05) is 4.90 Å². The van der Waals surface area contributed by atoms with Gasteiger partial charge in [0.1, 0.15) is 23.5 Å². The lowest BCUT2D eigenvalue weighted by atomic mass is 9.96. The third-order valence-corrected chi connectivity index (χ3v) is 4.97. The van der Waals surface area contributed by atoms with Crippen LogP contribution in [0.5, 0.6) is 5.75 Å². The first-order valence-electron chi connectivity index (χ1n) is 8.01. The van der Waals surface area contributed by atoms with Crippen LogP contribution >= 0.6 is 0 Å². The Hall–Kier alpha value is -2.18. The Bertz CT molecular complexity index is 946. The molecular formula is C15H18F3N5O3S. The first-order valence-corrected chi connectivity index (χ1v) is 9.56. The first-order chi connectivity index (χ1) is 12.6. The zero-order valence-electron chi connectivity index (χ0n) is 14.3. The average Bonchev–Trinajstić information content (AvgIpc) is 2.53. The van der Waals surface area contributed by atoms with E-state index in [2.05, 4.69) is 14.7 Å². The van der Waals surface area contributed by atoms with Crippen LogP contribution in [0.15, 0.2) is 18.5 Å². The highest BCUT2D eigenvalue weighted by Gasteiger charge is 2.38. The molecule has 3 rings (SSSR count). The van der Waals surface area contributed by atoms with Crippen LogP contribution in [0.3, 0.4) is 0 Å². The Morgan fingerprint density at radius 3 is 2.63 bits per heavy atom. The topological polar surface area (TPSA) is 110 Å². The SMILES string of the molecule is COc1ccc2c(N3CC(CCNS(N)(=O)=O)C3)ncnc2c1C(F)(F)F. The average molecular weight is 405 g/mol. The van der Waals surface area contributed by atoms with Crippen LogP contribution < -0.4 is 19.5 Å². The van der Waals surface area contributed by atoms with E-state index in [1.165, 1.54) is 19.2 Å². The molecule has 3 N–H and O–H groups in total. The zero-order valence-corrected chi connectivity index (χ0v) is 15.1. The van der Waals surface area contributed by atoms with Crippen molar-refractivity contribution in [2.45, 2.75) is 12.6 Å². The maximum absolute atomic E-state index is 13.5. The predicted octanol–water partition coefficient (Wildman–Crippen LogP) is 1.28. The summed E-state index contributed by atoms with van der Waals surface area (Å²) in [6.07, 6.45) is -2.95. The standard InChI is InChI=1S/C15H18F3N5O3S/c1-26-11-3-2-10-13(12(11)15(16,17)18)20-8-21-14(10)23-6-9(7-23)4-5-22-27(19,24)25/h2-3,8-9,22H,4-7H2,1H3,(H2,19,24,25). The molecular weight excluding hydrogens is 387 g/mol. The fourth-order valence-electron chi connectivity index (χ4n) is 3.12. The molecule has 27 heavy (non-hydrogen) atoms. The van der Waals surface area contributed by atoms with Gasteiger partial charge in [-0.25, -0.2) is 19.8 Å². The van der Waals surface area contributed by atoms with Crippen molar-refractivity contribution in [2.75, 3.05) is 31.6 Å². The fraction of sp³-hybridized carbons (Fsp3) is 0.467. The summed E-state index contributed by atoms with van der Waals surface area (Å²) in [6, 6.07) is 2.76. The predicted molar refractivity (Wildman–Crippen MR) is 92.5 cm³/mol. The number of hydrogen-bond donors (Lipinski definition) is 2. The molecule has 2 heterocycles. The van der Waals surface area contributed by atoms with Crippen molar-refractivity contribution in [3.63, 3.8) is 0 Å². The van der Waals surface area contributed by atoms with Crippen LogP contribution in [0.25, 0.3) is 10.9 Å². The molecule has 8 nitrogen and oxygen atoms in total. The lowest BCUT2D eigenvalue weighted by molar-refractivity contribution is -0.137. The molecule has 1 saturated heterocycles. The van der Waals surface area contributed by atoms with Gasteiger partial charge in [0.2, 0.25) is 0 Å². The van der Waals surface area contributed by atoms with E-state index in [1.54, 1.807) is 0 Å².